The summed E-state index contributed by atoms with van der Waals surface area (Å²) >= 11 is 9.65. The maximum atomic E-state index is 11.6. The fourth-order valence-electron chi connectivity index (χ4n) is 2.41. The summed E-state index contributed by atoms with van der Waals surface area (Å²) in [7, 11) is 1.33. The molecule has 1 fully saturated rings. The van der Waals surface area contributed by atoms with Gasteiger partial charge < -0.3 is 18.8 Å². The van der Waals surface area contributed by atoms with Crippen LogP contribution in [0.5, 0.6) is 0 Å². The van der Waals surface area contributed by atoms with Crippen molar-refractivity contribution >= 4 is 51.3 Å². The predicted molar refractivity (Wildman–Crippen MR) is 99.5 cm³/mol. The Labute approximate surface area is 158 Å². The second-order valence-electron chi connectivity index (χ2n) is 5.32. The number of methoxy groups -OCH3 is 1. The SMILES string of the molecule is COC(=O)c1ccc(Cl)c(N=Cc2cc(Br)c(N3CCOCC3)o2)c1. The van der Waals surface area contributed by atoms with Gasteiger partial charge in [0, 0.05) is 19.2 Å². The van der Waals surface area contributed by atoms with E-state index in [2.05, 4.69) is 25.8 Å². The van der Waals surface area contributed by atoms with Crippen LogP contribution in [-0.2, 0) is 9.47 Å². The number of halogens is 2. The first kappa shape index (κ1) is 18.0. The molecule has 0 unspecified atom stereocenters. The lowest BCUT2D eigenvalue weighted by molar-refractivity contribution is 0.0601. The standard InChI is InChI=1S/C17H16BrClN2O4/c1-23-17(22)11-2-3-14(19)15(8-11)20-10-12-9-13(18)16(25-12)21-4-6-24-7-5-21/h2-3,8-10H,4-7H2,1H3. The average molecular weight is 428 g/mol. The van der Waals surface area contributed by atoms with Crippen LogP contribution >= 0.6 is 27.5 Å². The first-order valence-corrected chi connectivity index (χ1v) is 8.79. The number of aliphatic imine (C=N–C) groups is 1. The molecule has 0 radical (unpaired) electrons. The van der Waals surface area contributed by atoms with Crippen LogP contribution in [-0.4, -0.2) is 45.6 Å². The first-order chi connectivity index (χ1) is 12.1. The zero-order chi connectivity index (χ0) is 17.8. The van der Waals surface area contributed by atoms with E-state index < -0.39 is 5.97 Å². The molecule has 8 heteroatoms. The summed E-state index contributed by atoms with van der Waals surface area (Å²) < 4.78 is 16.8. The summed E-state index contributed by atoms with van der Waals surface area (Å²) in [6, 6.07) is 6.61. The molecule has 6 nitrogen and oxygen atoms in total. The molecule has 1 aromatic carbocycles. The number of carbonyl (C=O) groups excluding carboxylic acids is 1. The van der Waals surface area contributed by atoms with Crippen molar-refractivity contribution in [1.29, 1.82) is 0 Å². The molecule has 0 N–H and O–H groups in total. The van der Waals surface area contributed by atoms with E-state index in [-0.39, 0.29) is 0 Å². The van der Waals surface area contributed by atoms with Crippen molar-refractivity contribution in [3.63, 3.8) is 0 Å². The van der Waals surface area contributed by atoms with Crippen molar-refractivity contribution in [2.24, 2.45) is 4.99 Å². The van der Waals surface area contributed by atoms with Crippen LogP contribution in [0, 0.1) is 0 Å². The van der Waals surface area contributed by atoms with Crippen LogP contribution in [0.4, 0.5) is 11.6 Å². The summed E-state index contributed by atoms with van der Waals surface area (Å²) in [6.45, 7) is 2.89. The third kappa shape index (κ3) is 4.23. The van der Waals surface area contributed by atoms with Crippen LogP contribution in [0.15, 0.2) is 38.1 Å². The average Bonchev–Trinajstić information content (AvgIpc) is 3.02. The normalized spacial score (nSPS) is 14.9. The maximum Gasteiger partial charge on any atom is 0.337 e. The molecule has 1 saturated heterocycles. The fraction of sp³-hybridized carbons (Fsp3) is 0.294. The van der Waals surface area contributed by atoms with Crippen molar-refractivity contribution in [2.45, 2.75) is 0 Å². The van der Waals surface area contributed by atoms with E-state index in [1.54, 1.807) is 24.4 Å². The quantitative estimate of drug-likeness (QED) is 0.544. The molecular formula is C17H16BrClN2O4. The predicted octanol–water partition coefficient (Wildman–Crippen LogP) is 4.07. The molecule has 0 atom stereocenters. The number of ether oxygens (including phenoxy) is 2. The fourth-order valence-corrected chi connectivity index (χ4v) is 3.14. The van der Waals surface area contributed by atoms with Gasteiger partial charge >= 0.3 is 5.97 Å². The summed E-state index contributed by atoms with van der Waals surface area (Å²) in [5.74, 6) is 0.885. The Morgan fingerprint density at radius 2 is 2.12 bits per heavy atom. The van der Waals surface area contributed by atoms with E-state index >= 15 is 0 Å². The van der Waals surface area contributed by atoms with Gasteiger partial charge in [-0.3, -0.25) is 4.99 Å². The highest BCUT2D eigenvalue weighted by Gasteiger charge is 2.18. The molecule has 1 aliphatic heterocycles. The van der Waals surface area contributed by atoms with Gasteiger partial charge in [-0.25, -0.2) is 4.79 Å². The van der Waals surface area contributed by atoms with Crippen LogP contribution in [0.2, 0.25) is 5.02 Å². The number of carbonyl (C=O) groups is 1. The number of anilines is 1. The van der Waals surface area contributed by atoms with E-state index in [1.165, 1.54) is 7.11 Å². The highest BCUT2D eigenvalue weighted by Crippen LogP contribution is 2.31. The number of nitrogens with zero attached hydrogens (tertiary/aromatic N) is 2. The minimum absolute atomic E-state index is 0.383. The lowest BCUT2D eigenvalue weighted by Gasteiger charge is -2.26. The van der Waals surface area contributed by atoms with Crippen molar-refractivity contribution < 1.29 is 18.7 Å². The van der Waals surface area contributed by atoms with Crippen molar-refractivity contribution in [2.75, 3.05) is 38.3 Å². The molecule has 0 bridgehead atoms. The Hall–Kier alpha value is -1.83. The molecule has 0 aliphatic carbocycles. The third-order valence-corrected chi connectivity index (χ3v) is 4.57. The monoisotopic (exact) mass is 426 g/mol. The highest BCUT2D eigenvalue weighted by atomic mass is 79.9. The van der Waals surface area contributed by atoms with E-state index in [9.17, 15) is 4.79 Å². The molecule has 132 valence electrons. The minimum Gasteiger partial charge on any atom is -0.465 e. The molecule has 25 heavy (non-hydrogen) atoms. The Balaban J connectivity index is 1.81. The van der Waals surface area contributed by atoms with Gasteiger partial charge in [0.15, 0.2) is 0 Å². The van der Waals surface area contributed by atoms with Crippen LogP contribution in [0.1, 0.15) is 16.1 Å². The summed E-state index contributed by atoms with van der Waals surface area (Å²) in [5, 5.41) is 0.433. The Morgan fingerprint density at radius 1 is 1.36 bits per heavy atom. The smallest absolute Gasteiger partial charge is 0.337 e. The number of furan rings is 1. The second-order valence-corrected chi connectivity index (χ2v) is 6.58. The van der Waals surface area contributed by atoms with Gasteiger partial charge in [0.25, 0.3) is 0 Å². The van der Waals surface area contributed by atoms with Gasteiger partial charge in [-0.05, 0) is 34.1 Å². The minimum atomic E-state index is -0.441. The molecule has 2 aromatic rings. The zero-order valence-electron chi connectivity index (χ0n) is 13.5. The molecule has 0 saturated carbocycles. The van der Waals surface area contributed by atoms with Gasteiger partial charge in [0.05, 0.1) is 47.3 Å². The number of esters is 1. The van der Waals surface area contributed by atoms with Crippen LogP contribution in [0.25, 0.3) is 0 Å². The van der Waals surface area contributed by atoms with Crippen molar-refractivity contribution in [3.8, 4) is 0 Å². The molecule has 0 amide bonds. The van der Waals surface area contributed by atoms with E-state index in [0.717, 1.165) is 23.4 Å². The first-order valence-electron chi connectivity index (χ1n) is 7.62. The van der Waals surface area contributed by atoms with Gasteiger partial charge in [-0.1, -0.05) is 11.6 Å². The van der Waals surface area contributed by atoms with Gasteiger partial charge in [0.2, 0.25) is 5.88 Å². The van der Waals surface area contributed by atoms with E-state index in [0.29, 0.717) is 35.2 Å². The van der Waals surface area contributed by atoms with Crippen molar-refractivity contribution in [1.82, 2.24) is 0 Å². The molecule has 0 spiro atoms. The van der Waals surface area contributed by atoms with Crippen molar-refractivity contribution in [3.05, 3.63) is 45.1 Å². The van der Waals surface area contributed by atoms with Crippen LogP contribution in [0.3, 0.4) is 0 Å². The number of hydrogen-bond acceptors (Lipinski definition) is 6. The highest BCUT2D eigenvalue weighted by molar-refractivity contribution is 9.10. The second kappa shape index (κ2) is 8.03. The number of hydrogen-bond donors (Lipinski definition) is 0. The Morgan fingerprint density at radius 3 is 2.84 bits per heavy atom. The lowest BCUT2D eigenvalue weighted by Crippen LogP contribution is -2.36. The van der Waals surface area contributed by atoms with E-state index in [1.807, 2.05) is 6.07 Å². The number of benzene rings is 1. The molecule has 1 aliphatic rings. The summed E-state index contributed by atoms with van der Waals surface area (Å²) in [4.78, 5) is 18.1. The third-order valence-electron chi connectivity index (χ3n) is 3.68. The summed E-state index contributed by atoms with van der Waals surface area (Å²) in [5.41, 5.74) is 0.846. The Kier molecular flexibility index (Phi) is 5.78. The van der Waals surface area contributed by atoms with Gasteiger partial charge in [-0.15, -0.1) is 0 Å². The summed E-state index contributed by atoms with van der Waals surface area (Å²) in [6.07, 6.45) is 1.57. The lowest BCUT2D eigenvalue weighted by atomic mass is 10.2. The molecule has 3 rings (SSSR count). The zero-order valence-corrected chi connectivity index (χ0v) is 15.8. The van der Waals surface area contributed by atoms with Crippen LogP contribution < -0.4 is 4.90 Å². The molecule has 1 aromatic heterocycles. The molecule has 2 heterocycles. The van der Waals surface area contributed by atoms with Gasteiger partial charge in [0.1, 0.15) is 5.76 Å². The molecular weight excluding hydrogens is 412 g/mol. The number of morpholine rings is 1. The largest absolute Gasteiger partial charge is 0.465 e. The van der Waals surface area contributed by atoms with Gasteiger partial charge in [-0.2, -0.15) is 0 Å². The maximum absolute atomic E-state index is 11.6. The van der Waals surface area contributed by atoms with E-state index in [4.69, 9.17) is 25.5 Å². The topological polar surface area (TPSA) is 64.3 Å². The Bertz CT molecular complexity index is 800. The number of rotatable bonds is 4.